The maximum Gasteiger partial charge on any atom is 0.255 e. The highest BCUT2D eigenvalue weighted by Gasteiger charge is 2.35. The minimum atomic E-state index is -0.715. The number of likely N-dealkylation sites (N-methyl/N-ethyl adjacent to an activating group) is 1. The van der Waals surface area contributed by atoms with Crippen molar-refractivity contribution in [3.8, 4) is 0 Å². The monoisotopic (exact) mass is 278 g/mol. The average Bonchev–Trinajstić information content (AvgIpc) is 2.76. The van der Waals surface area contributed by atoms with Crippen molar-refractivity contribution in [1.29, 1.82) is 0 Å². The van der Waals surface area contributed by atoms with Crippen LogP contribution in [0.5, 0.6) is 0 Å². The van der Waals surface area contributed by atoms with Crippen LogP contribution in [0.15, 0.2) is 18.2 Å². The van der Waals surface area contributed by atoms with Crippen molar-refractivity contribution < 1.29 is 18.8 Å². The van der Waals surface area contributed by atoms with E-state index in [1.165, 1.54) is 24.1 Å². The number of rotatable bonds is 5. The van der Waals surface area contributed by atoms with Crippen molar-refractivity contribution in [2.24, 2.45) is 0 Å². The Hall–Kier alpha value is -2.24. The van der Waals surface area contributed by atoms with Gasteiger partial charge in [-0.3, -0.25) is 9.59 Å². The number of hydrogen-bond acceptors (Lipinski definition) is 3. The molecule has 2 amide bonds. The van der Waals surface area contributed by atoms with Gasteiger partial charge in [-0.25, -0.2) is 4.39 Å². The Labute approximate surface area is 115 Å². The first-order valence-electron chi connectivity index (χ1n) is 6.33. The summed E-state index contributed by atoms with van der Waals surface area (Å²) >= 11 is 0. The molecule has 0 bridgehead atoms. The number of carbonyl (C=O) groups excluding carboxylic acids is 3. The molecule has 6 heteroatoms. The summed E-state index contributed by atoms with van der Waals surface area (Å²) in [6.45, 7) is 0.255. The van der Waals surface area contributed by atoms with Gasteiger partial charge in [-0.15, -0.1) is 0 Å². The molecule has 0 saturated carbocycles. The second kappa shape index (κ2) is 5.81. The summed E-state index contributed by atoms with van der Waals surface area (Å²) in [7, 11) is 1.48. The first kappa shape index (κ1) is 14.2. The van der Waals surface area contributed by atoms with Crippen LogP contribution in [0.3, 0.4) is 0 Å². The molecule has 0 unspecified atom stereocenters. The van der Waals surface area contributed by atoms with Crippen LogP contribution in [0.4, 0.5) is 4.39 Å². The maximum absolute atomic E-state index is 13.2. The summed E-state index contributed by atoms with van der Waals surface area (Å²) in [6.07, 6.45) is 1.15. The minimum Gasteiger partial charge on any atom is -0.357 e. The van der Waals surface area contributed by atoms with Crippen molar-refractivity contribution in [1.82, 2.24) is 10.2 Å². The minimum absolute atomic E-state index is 0.187. The van der Waals surface area contributed by atoms with Crippen molar-refractivity contribution >= 4 is 18.1 Å². The summed E-state index contributed by atoms with van der Waals surface area (Å²) < 4.78 is 13.2. The van der Waals surface area contributed by atoms with Gasteiger partial charge < -0.3 is 15.0 Å². The SMILES string of the molecule is CNC(=O)[C@H](CCC=O)N1Cc2ccc(F)cc2C1=O. The van der Waals surface area contributed by atoms with Crippen LogP contribution in [-0.4, -0.2) is 36.1 Å². The third kappa shape index (κ3) is 2.54. The molecule has 0 aliphatic carbocycles. The van der Waals surface area contributed by atoms with Gasteiger partial charge in [0.05, 0.1) is 0 Å². The smallest absolute Gasteiger partial charge is 0.255 e. The summed E-state index contributed by atoms with van der Waals surface area (Å²) in [5.74, 6) is -1.18. The van der Waals surface area contributed by atoms with E-state index in [-0.39, 0.29) is 36.8 Å². The van der Waals surface area contributed by atoms with Crippen LogP contribution < -0.4 is 5.32 Å². The fourth-order valence-electron chi connectivity index (χ4n) is 2.37. The highest BCUT2D eigenvalue weighted by atomic mass is 19.1. The Morgan fingerprint density at radius 2 is 2.30 bits per heavy atom. The van der Waals surface area contributed by atoms with Gasteiger partial charge in [0, 0.05) is 25.6 Å². The first-order valence-corrected chi connectivity index (χ1v) is 6.33. The molecule has 0 spiro atoms. The number of fused-ring (bicyclic) bond motifs is 1. The van der Waals surface area contributed by atoms with Crippen molar-refractivity contribution in [3.05, 3.63) is 35.1 Å². The summed E-state index contributed by atoms with van der Waals surface area (Å²) in [5, 5.41) is 2.49. The Bertz CT molecular complexity index is 559. The third-order valence-corrected chi connectivity index (χ3v) is 3.39. The van der Waals surface area contributed by atoms with Crippen LogP contribution >= 0.6 is 0 Å². The lowest BCUT2D eigenvalue weighted by molar-refractivity contribution is -0.125. The fourth-order valence-corrected chi connectivity index (χ4v) is 2.37. The number of nitrogens with one attached hydrogen (secondary N) is 1. The van der Waals surface area contributed by atoms with Gasteiger partial charge in [0.25, 0.3) is 5.91 Å². The van der Waals surface area contributed by atoms with Gasteiger partial charge in [-0.1, -0.05) is 6.07 Å². The molecular formula is C14H15FN2O3. The Morgan fingerprint density at radius 3 is 2.95 bits per heavy atom. The second-order valence-corrected chi connectivity index (χ2v) is 4.61. The van der Waals surface area contributed by atoms with E-state index in [0.29, 0.717) is 11.8 Å². The molecule has 1 heterocycles. The van der Waals surface area contributed by atoms with Gasteiger partial charge in [-0.05, 0) is 24.1 Å². The van der Waals surface area contributed by atoms with E-state index >= 15 is 0 Å². The second-order valence-electron chi connectivity index (χ2n) is 4.61. The quantitative estimate of drug-likeness (QED) is 0.813. The maximum atomic E-state index is 13.2. The highest BCUT2D eigenvalue weighted by Crippen LogP contribution is 2.26. The van der Waals surface area contributed by atoms with Crippen LogP contribution in [0.1, 0.15) is 28.8 Å². The summed E-state index contributed by atoms with van der Waals surface area (Å²) in [6, 6.07) is 3.30. The number of carbonyl (C=O) groups is 3. The molecule has 1 aliphatic rings. The summed E-state index contributed by atoms with van der Waals surface area (Å²) in [5.41, 5.74) is 0.974. The van der Waals surface area contributed by atoms with E-state index < -0.39 is 11.9 Å². The van der Waals surface area contributed by atoms with Crippen LogP contribution in [0, 0.1) is 5.82 Å². The van der Waals surface area contributed by atoms with Gasteiger partial charge in [-0.2, -0.15) is 0 Å². The zero-order valence-electron chi connectivity index (χ0n) is 11.1. The molecular weight excluding hydrogens is 263 g/mol. The number of aldehydes is 1. The summed E-state index contributed by atoms with van der Waals surface area (Å²) in [4.78, 5) is 36.0. The average molecular weight is 278 g/mol. The van der Waals surface area contributed by atoms with Gasteiger partial charge in [0.15, 0.2) is 0 Å². The number of hydrogen-bond donors (Lipinski definition) is 1. The molecule has 5 nitrogen and oxygen atoms in total. The highest BCUT2D eigenvalue weighted by molar-refractivity contribution is 6.01. The molecule has 106 valence electrons. The van der Waals surface area contributed by atoms with E-state index in [1.54, 1.807) is 6.07 Å². The van der Waals surface area contributed by atoms with Crippen molar-refractivity contribution in [2.45, 2.75) is 25.4 Å². The van der Waals surface area contributed by atoms with Gasteiger partial charge >= 0.3 is 0 Å². The molecule has 2 rings (SSSR count). The van der Waals surface area contributed by atoms with E-state index in [4.69, 9.17) is 0 Å². The number of nitrogens with zero attached hydrogens (tertiary/aromatic N) is 1. The first-order chi connectivity index (χ1) is 9.58. The lowest BCUT2D eigenvalue weighted by atomic mass is 10.1. The van der Waals surface area contributed by atoms with Crippen LogP contribution in [0.25, 0.3) is 0 Å². The van der Waals surface area contributed by atoms with E-state index in [2.05, 4.69) is 5.32 Å². The standard InChI is InChI=1S/C14H15FN2O3/c1-16-13(19)12(3-2-6-18)17-8-9-4-5-10(15)7-11(9)14(17)20/h4-7,12H,2-3,8H2,1H3,(H,16,19)/t12-/m0/s1. The largest absolute Gasteiger partial charge is 0.357 e. The molecule has 1 atom stereocenters. The fraction of sp³-hybridized carbons (Fsp3) is 0.357. The Balaban J connectivity index is 2.26. The number of halogens is 1. The molecule has 0 fully saturated rings. The lowest BCUT2D eigenvalue weighted by Crippen LogP contribution is -2.46. The van der Waals surface area contributed by atoms with Crippen LogP contribution in [-0.2, 0) is 16.1 Å². The molecule has 1 N–H and O–H groups in total. The lowest BCUT2D eigenvalue weighted by Gasteiger charge is -2.25. The van der Waals surface area contributed by atoms with E-state index in [9.17, 15) is 18.8 Å². The molecule has 1 aromatic carbocycles. The van der Waals surface area contributed by atoms with Gasteiger partial charge in [0.2, 0.25) is 5.91 Å². The Morgan fingerprint density at radius 1 is 1.55 bits per heavy atom. The zero-order valence-corrected chi connectivity index (χ0v) is 11.1. The van der Waals surface area contributed by atoms with E-state index in [0.717, 1.165) is 0 Å². The van der Waals surface area contributed by atoms with Crippen molar-refractivity contribution in [3.63, 3.8) is 0 Å². The number of amides is 2. The topological polar surface area (TPSA) is 66.5 Å². The number of benzene rings is 1. The van der Waals surface area contributed by atoms with E-state index in [1.807, 2.05) is 0 Å². The molecule has 0 aromatic heterocycles. The van der Waals surface area contributed by atoms with Crippen molar-refractivity contribution in [2.75, 3.05) is 7.05 Å². The molecule has 0 radical (unpaired) electrons. The predicted octanol–water partition coefficient (Wildman–Crippen LogP) is 0.875. The normalized spacial score (nSPS) is 14.9. The molecule has 20 heavy (non-hydrogen) atoms. The van der Waals surface area contributed by atoms with Gasteiger partial charge in [0.1, 0.15) is 18.1 Å². The zero-order chi connectivity index (χ0) is 14.7. The third-order valence-electron chi connectivity index (χ3n) is 3.39. The molecule has 0 saturated heterocycles. The Kier molecular flexibility index (Phi) is 4.12. The molecule has 1 aromatic rings. The van der Waals surface area contributed by atoms with Crippen LogP contribution in [0.2, 0.25) is 0 Å². The molecule has 1 aliphatic heterocycles. The predicted molar refractivity (Wildman–Crippen MR) is 69.4 cm³/mol.